The molecule has 180 valence electrons. The summed E-state index contributed by atoms with van der Waals surface area (Å²) in [4.78, 5) is 19.3. The lowest BCUT2D eigenvalue weighted by Crippen LogP contribution is -2.30. The van der Waals surface area contributed by atoms with E-state index in [4.69, 9.17) is 16.3 Å². The number of pyridine rings is 1. The van der Waals surface area contributed by atoms with E-state index >= 15 is 0 Å². The fourth-order valence-corrected chi connectivity index (χ4v) is 4.74. The van der Waals surface area contributed by atoms with Gasteiger partial charge in [0.2, 0.25) is 0 Å². The van der Waals surface area contributed by atoms with Gasteiger partial charge in [-0.15, -0.1) is 0 Å². The van der Waals surface area contributed by atoms with Crippen LogP contribution in [0.15, 0.2) is 35.2 Å². The molecule has 1 aliphatic heterocycles. The number of rotatable bonds is 6. The number of ether oxygens (including phenoxy) is 1. The molecule has 34 heavy (non-hydrogen) atoms. The average molecular weight is 502 g/mol. The van der Waals surface area contributed by atoms with Crippen molar-refractivity contribution in [2.24, 2.45) is 16.4 Å². The van der Waals surface area contributed by atoms with Crippen molar-refractivity contribution >= 4 is 40.0 Å². The first-order valence-electron chi connectivity index (χ1n) is 11.0. The molecule has 8 nitrogen and oxygen atoms in total. The summed E-state index contributed by atoms with van der Waals surface area (Å²) in [6.45, 7) is 1.58. The van der Waals surface area contributed by atoms with E-state index in [-0.39, 0.29) is 16.1 Å². The molecule has 3 aliphatic rings. The summed E-state index contributed by atoms with van der Waals surface area (Å²) in [5.74, 6) is 7.10. The summed E-state index contributed by atoms with van der Waals surface area (Å²) in [5, 5.41) is 17.7. The monoisotopic (exact) mass is 501 g/mol. The summed E-state index contributed by atoms with van der Waals surface area (Å²) < 4.78 is 5.46. The SMILES string of the molecule is COc1cnc(Cl)cc1C(=C/N(C)C)/C(=C\C(C)O)C(=O)NC1=NNC(C#CC2CC23CC3)S1. The summed E-state index contributed by atoms with van der Waals surface area (Å²) >= 11 is 7.51. The molecule has 1 aromatic heterocycles. The topological polar surface area (TPSA) is 99.1 Å². The van der Waals surface area contributed by atoms with E-state index < -0.39 is 12.0 Å². The third-order valence-corrected chi connectivity index (χ3v) is 6.96. The van der Waals surface area contributed by atoms with Gasteiger partial charge in [-0.25, -0.2) is 4.98 Å². The van der Waals surface area contributed by atoms with Crippen LogP contribution in [0.3, 0.4) is 0 Å². The van der Waals surface area contributed by atoms with Crippen molar-refractivity contribution < 1.29 is 14.6 Å². The number of halogens is 1. The molecule has 2 aliphatic carbocycles. The number of hydrogen-bond donors (Lipinski definition) is 3. The fraction of sp³-hybridized carbons (Fsp3) is 0.458. The van der Waals surface area contributed by atoms with Crippen molar-refractivity contribution in [3.05, 3.63) is 40.8 Å². The van der Waals surface area contributed by atoms with Crippen molar-refractivity contribution in [2.75, 3.05) is 21.2 Å². The lowest BCUT2D eigenvalue weighted by atomic mass is 9.96. The third-order valence-electron chi connectivity index (χ3n) is 5.88. The van der Waals surface area contributed by atoms with Gasteiger partial charge in [0.25, 0.3) is 5.91 Å². The van der Waals surface area contributed by atoms with E-state index in [1.807, 2.05) is 14.1 Å². The summed E-state index contributed by atoms with van der Waals surface area (Å²) in [7, 11) is 5.19. The molecule has 1 aromatic rings. The van der Waals surface area contributed by atoms with Gasteiger partial charge in [0.1, 0.15) is 10.9 Å². The Morgan fingerprint density at radius 1 is 1.47 bits per heavy atom. The van der Waals surface area contributed by atoms with Gasteiger partial charge < -0.3 is 14.7 Å². The van der Waals surface area contributed by atoms with Gasteiger partial charge >= 0.3 is 0 Å². The molecule has 3 atom stereocenters. The van der Waals surface area contributed by atoms with Gasteiger partial charge in [0.05, 0.1) is 19.4 Å². The first-order valence-corrected chi connectivity index (χ1v) is 12.3. The Kier molecular flexibility index (Phi) is 7.12. The van der Waals surface area contributed by atoms with Crippen molar-refractivity contribution in [3.63, 3.8) is 0 Å². The summed E-state index contributed by atoms with van der Waals surface area (Å²) in [6, 6.07) is 1.62. The highest BCUT2D eigenvalue weighted by molar-refractivity contribution is 8.14. The fourth-order valence-electron chi connectivity index (χ4n) is 3.87. The standard InChI is InChI=1S/C24H28ClN5O3S/c1-14(31)9-17(18(13-30(2)3)16-10-20(25)26-12-19(16)33-4)22(32)27-23-29-28-21(34-23)6-5-15-11-24(15)7-8-24/h9-10,12-15,21,28,31H,7-8,11H2,1-4H3,(H,27,29,32)/b17-9+,18-13-. The number of carbonyl (C=O) groups is 1. The number of aromatic nitrogens is 1. The number of aliphatic hydroxyl groups is 1. The molecule has 1 spiro atoms. The largest absolute Gasteiger partial charge is 0.494 e. The molecular formula is C24H28ClN5O3S. The second-order valence-corrected chi connectivity index (χ2v) is 10.4. The minimum Gasteiger partial charge on any atom is -0.494 e. The van der Waals surface area contributed by atoms with E-state index in [1.54, 1.807) is 24.1 Å². The number of hydrazone groups is 1. The lowest BCUT2D eigenvalue weighted by Gasteiger charge is -2.18. The summed E-state index contributed by atoms with van der Waals surface area (Å²) in [6.07, 6.45) is 7.66. The number of amides is 1. The predicted octanol–water partition coefficient (Wildman–Crippen LogP) is 2.81. The number of carbonyl (C=O) groups excluding carboxylic acids is 1. The van der Waals surface area contributed by atoms with Crippen LogP contribution in [0.2, 0.25) is 5.15 Å². The normalized spacial score (nSPS) is 23.3. The molecule has 2 saturated carbocycles. The van der Waals surface area contributed by atoms with Crippen molar-refractivity contribution in [1.29, 1.82) is 0 Å². The molecule has 0 radical (unpaired) electrons. The molecule has 3 unspecified atom stereocenters. The Balaban J connectivity index is 1.54. The van der Waals surface area contributed by atoms with Crippen LogP contribution in [0.1, 0.15) is 31.7 Å². The Morgan fingerprint density at radius 3 is 2.85 bits per heavy atom. The number of nitrogens with one attached hydrogen (secondary N) is 2. The van der Waals surface area contributed by atoms with Crippen LogP contribution in [-0.2, 0) is 4.79 Å². The van der Waals surface area contributed by atoms with Gasteiger partial charge in [-0.1, -0.05) is 23.4 Å². The average Bonchev–Trinajstić information content (AvgIpc) is 3.66. The molecule has 2 heterocycles. The number of hydrogen-bond acceptors (Lipinski definition) is 8. The quantitative estimate of drug-likeness (QED) is 0.238. The highest BCUT2D eigenvalue weighted by Crippen LogP contribution is 2.70. The Hall–Kier alpha value is -2.67. The number of amidine groups is 1. The molecule has 0 aromatic carbocycles. The number of thioether (sulfide) groups is 1. The van der Waals surface area contributed by atoms with Crippen LogP contribution in [0, 0.1) is 23.2 Å². The molecule has 0 bridgehead atoms. The van der Waals surface area contributed by atoms with E-state index in [0.717, 1.165) is 0 Å². The van der Waals surface area contributed by atoms with Crippen molar-refractivity contribution in [2.45, 2.75) is 37.7 Å². The van der Waals surface area contributed by atoms with Crippen LogP contribution < -0.4 is 15.5 Å². The molecule has 10 heteroatoms. The van der Waals surface area contributed by atoms with Gasteiger partial charge in [-0.3, -0.25) is 15.5 Å². The first-order chi connectivity index (χ1) is 16.2. The second-order valence-electron chi connectivity index (χ2n) is 8.94. The minimum atomic E-state index is -0.877. The van der Waals surface area contributed by atoms with Crippen LogP contribution >= 0.6 is 23.4 Å². The zero-order chi connectivity index (χ0) is 24.5. The molecule has 1 amide bonds. The molecule has 2 fully saturated rings. The molecular weight excluding hydrogens is 474 g/mol. The maximum absolute atomic E-state index is 13.4. The van der Waals surface area contributed by atoms with Crippen LogP contribution in [0.5, 0.6) is 5.75 Å². The Morgan fingerprint density at radius 2 is 2.24 bits per heavy atom. The first kappa shape index (κ1) is 24.5. The molecule has 4 rings (SSSR count). The van der Waals surface area contributed by atoms with E-state index in [9.17, 15) is 9.90 Å². The van der Waals surface area contributed by atoms with Crippen LogP contribution in [0.25, 0.3) is 5.57 Å². The highest BCUT2D eigenvalue weighted by Gasteiger charge is 2.62. The number of nitrogens with zero attached hydrogens (tertiary/aromatic N) is 3. The van der Waals surface area contributed by atoms with Crippen molar-refractivity contribution in [3.8, 4) is 17.6 Å². The van der Waals surface area contributed by atoms with Gasteiger partial charge in [0, 0.05) is 42.9 Å². The molecule has 0 saturated heterocycles. The maximum Gasteiger partial charge on any atom is 0.257 e. The Bertz CT molecular complexity index is 1130. The van der Waals surface area contributed by atoms with Gasteiger partial charge in [-0.05, 0) is 55.5 Å². The van der Waals surface area contributed by atoms with Crippen LogP contribution in [-0.4, -0.2) is 58.7 Å². The van der Waals surface area contributed by atoms with E-state index in [2.05, 4.69) is 32.7 Å². The zero-order valence-corrected chi connectivity index (χ0v) is 21.1. The minimum absolute atomic E-state index is 0.202. The summed E-state index contributed by atoms with van der Waals surface area (Å²) in [5.41, 5.74) is 4.83. The van der Waals surface area contributed by atoms with E-state index in [1.165, 1.54) is 50.4 Å². The van der Waals surface area contributed by atoms with Crippen LogP contribution in [0.4, 0.5) is 0 Å². The lowest BCUT2D eigenvalue weighted by molar-refractivity contribution is -0.115. The Labute approximate surface area is 208 Å². The van der Waals surface area contributed by atoms with Gasteiger partial charge in [-0.2, -0.15) is 5.10 Å². The number of aliphatic hydroxyl groups excluding tert-OH is 1. The highest BCUT2D eigenvalue weighted by atomic mass is 35.5. The second kappa shape index (κ2) is 9.90. The van der Waals surface area contributed by atoms with Crippen molar-refractivity contribution in [1.82, 2.24) is 20.6 Å². The maximum atomic E-state index is 13.4. The molecule has 3 N–H and O–H groups in total. The van der Waals surface area contributed by atoms with Gasteiger partial charge in [0.15, 0.2) is 10.5 Å². The zero-order valence-electron chi connectivity index (χ0n) is 19.6. The van der Waals surface area contributed by atoms with E-state index in [0.29, 0.717) is 33.4 Å². The number of methoxy groups -OCH3 is 1. The predicted molar refractivity (Wildman–Crippen MR) is 135 cm³/mol. The third kappa shape index (κ3) is 5.69. The smallest absolute Gasteiger partial charge is 0.257 e.